The minimum atomic E-state index is -0.321. The van der Waals surface area contributed by atoms with Crippen molar-refractivity contribution in [3.63, 3.8) is 0 Å². The normalized spacial score (nSPS) is 10.2. The predicted molar refractivity (Wildman–Crippen MR) is 77.7 cm³/mol. The van der Waals surface area contributed by atoms with Crippen molar-refractivity contribution < 1.29 is 9.18 Å². The summed E-state index contributed by atoms with van der Waals surface area (Å²) in [6.07, 6.45) is 0.290. The maximum Gasteiger partial charge on any atom is 0.156 e. The SMILES string of the molecule is O=C(CNc1ccccc1)Cc1ccc(F)c(Br)c1. The number of benzene rings is 2. The number of carbonyl (C=O) groups is 1. The first kappa shape index (κ1) is 13.7. The molecule has 0 aliphatic carbocycles. The minimum absolute atomic E-state index is 0.0577. The highest BCUT2D eigenvalue weighted by atomic mass is 79.9. The van der Waals surface area contributed by atoms with E-state index in [2.05, 4.69) is 21.2 Å². The van der Waals surface area contributed by atoms with Crippen LogP contribution in [0, 0.1) is 5.82 Å². The molecule has 0 heterocycles. The lowest BCUT2D eigenvalue weighted by molar-refractivity contribution is -0.116. The van der Waals surface area contributed by atoms with E-state index in [4.69, 9.17) is 0 Å². The second-order valence-electron chi connectivity index (χ2n) is 4.18. The van der Waals surface area contributed by atoms with E-state index < -0.39 is 0 Å². The van der Waals surface area contributed by atoms with Crippen molar-refractivity contribution in [2.24, 2.45) is 0 Å². The standard InChI is InChI=1S/C15H13BrFNO/c16-14-9-11(6-7-15(14)17)8-13(19)10-18-12-4-2-1-3-5-12/h1-7,9,18H,8,10H2. The van der Waals surface area contributed by atoms with Gasteiger partial charge in [-0.3, -0.25) is 4.79 Å². The number of Topliss-reactive ketones (excluding diaryl/α,β-unsaturated/α-hetero) is 1. The summed E-state index contributed by atoms with van der Waals surface area (Å²) in [5.74, 6) is -0.263. The molecule has 0 atom stereocenters. The molecule has 0 aromatic heterocycles. The van der Waals surface area contributed by atoms with Gasteiger partial charge < -0.3 is 5.32 Å². The zero-order valence-corrected chi connectivity index (χ0v) is 11.8. The molecular weight excluding hydrogens is 309 g/mol. The molecule has 0 aliphatic heterocycles. The van der Waals surface area contributed by atoms with Crippen molar-refractivity contribution in [2.75, 3.05) is 11.9 Å². The Kier molecular flexibility index (Phi) is 4.68. The lowest BCUT2D eigenvalue weighted by Gasteiger charge is -2.06. The van der Waals surface area contributed by atoms with Crippen molar-refractivity contribution in [1.29, 1.82) is 0 Å². The lowest BCUT2D eigenvalue weighted by atomic mass is 10.1. The Morgan fingerprint density at radius 1 is 1.16 bits per heavy atom. The number of hydrogen-bond donors (Lipinski definition) is 1. The van der Waals surface area contributed by atoms with Gasteiger partial charge in [0.25, 0.3) is 0 Å². The first-order valence-corrected chi connectivity index (χ1v) is 6.69. The van der Waals surface area contributed by atoms with Gasteiger partial charge in [-0.1, -0.05) is 24.3 Å². The molecule has 0 bridgehead atoms. The maximum atomic E-state index is 13.1. The highest BCUT2D eigenvalue weighted by Crippen LogP contribution is 2.17. The number of nitrogens with one attached hydrogen (secondary N) is 1. The Morgan fingerprint density at radius 2 is 1.89 bits per heavy atom. The molecule has 1 N–H and O–H groups in total. The largest absolute Gasteiger partial charge is 0.378 e. The van der Waals surface area contributed by atoms with Crippen molar-refractivity contribution in [3.8, 4) is 0 Å². The van der Waals surface area contributed by atoms with Crippen LogP contribution < -0.4 is 5.32 Å². The number of carbonyl (C=O) groups excluding carboxylic acids is 1. The van der Waals surface area contributed by atoms with Gasteiger partial charge in [-0.15, -0.1) is 0 Å². The zero-order chi connectivity index (χ0) is 13.7. The molecule has 2 nitrogen and oxygen atoms in total. The second-order valence-corrected chi connectivity index (χ2v) is 5.04. The summed E-state index contributed by atoms with van der Waals surface area (Å²) in [5.41, 5.74) is 1.71. The monoisotopic (exact) mass is 321 g/mol. The molecule has 2 aromatic rings. The topological polar surface area (TPSA) is 29.1 Å². The summed E-state index contributed by atoms with van der Waals surface area (Å²) in [6.45, 7) is 0.263. The number of anilines is 1. The zero-order valence-electron chi connectivity index (χ0n) is 10.2. The number of rotatable bonds is 5. The predicted octanol–water partition coefficient (Wildman–Crippen LogP) is 3.81. The third-order valence-electron chi connectivity index (χ3n) is 2.65. The van der Waals surface area contributed by atoms with Gasteiger partial charge in [-0.25, -0.2) is 4.39 Å². The van der Waals surface area contributed by atoms with Crippen LogP contribution in [0.4, 0.5) is 10.1 Å². The van der Waals surface area contributed by atoms with Crippen LogP contribution in [0.25, 0.3) is 0 Å². The van der Waals surface area contributed by atoms with Crippen LogP contribution in [0.2, 0.25) is 0 Å². The highest BCUT2D eigenvalue weighted by molar-refractivity contribution is 9.10. The van der Waals surface area contributed by atoms with E-state index in [0.29, 0.717) is 10.9 Å². The summed E-state index contributed by atoms with van der Waals surface area (Å²) in [7, 11) is 0. The van der Waals surface area contributed by atoms with Gasteiger partial charge in [-0.2, -0.15) is 0 Å². The quantitative estimate of drug-likeness (QED) is 0.907. The Labute approximate surface area is 119 Å². The van der Waals surface area contributed by atoms with E-state index in [1.165, 1.54) is 6.07 Å². The second kappa shape index (κ2) is 6.48. The molecule has 0 amide bonds. The smallest absolute Gasteiger partial charge is 0.156 e. The van der Waals surface area contributed by atoms with Crippen LogP contribution in [-0.4, -0.2) is 12.3 Å². The van der Waals surface area contributed by atoms with Gasteiger partial charge in [0.1, 0.15) is 5.82 Å². The molecule has 98 valence electrons. The molecule has 0 saturated heterocycles. The lowest BCUT2D eigenvalue weighted by Crippen LogP contribution is -2.15. The molecule has 19 heavy (non-hydrogen) atoms. The molecule has 0 unspecified atom stereocenters. The molecule has 0 aliphatic rings. The van der Waals surface area contributed by atoms with Crippen LogP contribution in [-0.2, 0) is 11.2 Å². The van der Waals surface area contributed by atoms with E-state index in [0.717, 1.165) is 11.3 Å². The van der Waals surface area contributed by atoms with Crippen molar-refractivity contribution >= 4 is 27.4 Å². The number of para-hydroxylation sites is 1. The summed E-state index contributed by atoms with van der Waals surface area (Å²) in [4.78, 5) is 11.8. The Balaban J connectivity index is 1.89. The number of ketones is 1. The van der Waals surface area contributed by atoms with E-state index in [1.807, 2.05) is 30.3 Å². The fourth-order valence-electron chi connectivity index (χ4n) is 1.70. The molecule has 0 fully saturated rings. The molecule has 2 aromatic carbocycles. The van der Waals surface area contributed by atoms with Gasteiger partial charge >= 0.3 is 0 Å². The first-order chi connectivity index (χ1) is 9.15. The fourth-order valence-corrected chi connectivity index (χ4v) is 2.12. The third kappa shape index (κ3) is 4.17. The summed E-state index contributed by atoms with van der Waals surface area (Å²) in [5, 5.41) is 3.06. The van der Waals surface area contributed by atoms with Crippen molar-refractivity contribution in [3.05, 3.63) is 64.4 Å². The Bertz CT molecular complexity index is 572. The maximum absolute atomic E-state index is 13.1. The van der Waals surface area contributed by atoms with Crippen molar-refractivity contribution in [2.45, 2.75) is 6.42 Å². The van der Waals surface area contributed by atoms with E-state index in [-0.39, 0.29) is 18.1 Å². The summed E-state index contributed by atoms with van der Waals surface area (Å²) < 4.78 is 13.4. The number of halogens is 2. The average Bonchev–Trinajstić information content (AvgIpc) is 2.42. The molecule has 0 saturated carbocycles. The molecule has 4 heteroatoms. The molecule has 0 radical (unpaired) electrons. The van der Waals surface area contributed by atoms with Crippen LogP contribution in [0.1, 0.15) is 5.56 Å². The Morgan fingerprint density at radius 3 is 2.58 bits per heavy atom. The van der Waals surface area contributed by atoms with Gasteiger partial charge in [0, 0.05) is 12.1 Å². The van der Waals surface area contributed by atoms with Crippen LogP contribution in [0.5, 0.6) is 0 Å². The highest BCUT2D eigenvalue weighted by Gasteiger charge is 2.06. The minimum Gasteiger partial charge on any atom is -0.378 e. The van der Waals surface area contributed by atoms with Gasteiger partial charge in [0.15, 0.2) is 5.78 Å². The van der Waals surface area contributed by atoms with Crippen LogP contribution >= 0.6 is 15.9 Å². The van der Waals surface area contributed by atoms with E-state index in [9.17, 15) is 9.18 Å². The van der Waals surface area contributed by atoms with Gasteiger partial charge in [0.05, 0.1) is 11.0 Å². The van der Waals surface area contributed by atoms with Gasteiger partial charge in [0.2, 0.25) is 0 Å². The molecular formula is C15H13BrFNO. The van der Waals surface area contributed by atoms with Crippen LogP contribution in [0.3, 0.4) is 0 Å². The summed E-state index contributed by atoms with van der Waals surface area (Å²) >= 11 is 3.11. The molecule has 0 spiro atoms. The third-order valence-corrected chi connectivity index (χ3v) is 3.26. The number of hydrogen-bond acceptors (Lipinski definition) is 2. The van der Waals surface area contributed by atoms with E-state index in [1.54, 1.807) is 12.1 Å². The fraction of sp³-hybridized carbons (Fsp3) is 0.133. The van der Waals surface area contributed by atoms with Crippen molar-refractivity contribution in [1.82, 2.24) is 0 Å². The first-order valence-electron chi connectivity index (χ1n) is 5.90. The average molecular weight is 322 g/mol. The van der Waals surface area contributed by atoms with Crippen LogP contribution in [0.15, 0.2) is 53.0 Å². The molecule has 2 rings (SSSR count). The van der Waals surface area contributed by atoms with E-state index >= 15 is 0 Å². The van der Waals surface area contributed by atoms with Gasteiger partial charge in [-0.05, 0) is 45.8 Å². The Hall–Kier alpha value is -1.68. The summed E-state index contributed by atoms with van der Waals surface area (Å²) in [6, 6.07) is 14.2.